The summed E-state index contributed by atoms with van der Waals surface area (Å²) in [7, 11) is 0. The molecule has 0 atom stereocenters. The van der Waals surface area contributed by atoms with Crippen LogP contribution in [0, 0.1) is 6.92 Å². The second-order valence-electron chi connectivity index (χ2n) is 7.94. The molecule has 0 radical (unpaired) electrons. The molecule has 0 bridgehead atoms. The molecule has 0 saturated carbocycles. The van der Waals surface area contributed by atoms with Crippen LogP contribution in [0.3, 0.4) is 0 Å². The fourth-order valence-electron chi connectivity index (χ4n) is 4.07. The summed E-state index contributed by atoms with van der Waals surface area (Å²) in [6.45, 7) is 8.25. The lowest BCUT2D eigenvalue weighted by Crippen LogP contribution is -2.49. The molecule has 2 heterocycles. The summed E-state index contributed by atoms with van der Waals surface area (Å²) in [5.41, 5.74) is 5.16. The lowest BCUT2D eigenvalue weighted by molar-refractivity contribution is -0.122. The molecule has 0 unspecified atom stereocenters. The van der Waals surface area contributed by atoms with Gasteiger partial charge in [0.15, 0.2) is 0 Å². The number of nitrogens with zero attached hydrogens (tertiary/aromatic N) is 2. The van der Waals surface area contributed by atoms with Crippen molar-refractivity contribution in [2.45, 2.75) is 19.9 Å². The smallest absolute Gasteiger partial charge is 0.234 e. The molecular weight excluding hydrogens is 360 g/mol. The lowest BCUT2D eigenvalue weighted by Gasteiger charge is -2.34. The Morgan fingerprint density at radius 3 is 2.52 bits per heavy atom. The number of rotatable bonds is 7. The van der Waals surface area contributed by atoms with Crippen LogP contribution >= 0.6 is 0 Å². The number of para-hydroxylation sites is 1. The summed E-state index contributed by atoms with van der Waals surface area (Å²) in [5.74, 6) is 0.122. The van der Waals surface area contributed by atoms with Crippen LogP contribution in [0.4, 0.5) is 0 Å². The van der Waals surface area contributed by atoms with E-state index in [-0.39, 0.29) is 5.91 Å². The van der Waals surface area contributed by atoms with E-state index in [0.29, 0.717) is 13.1 Å². The first-order valence-electron chi connectivity index (χ1n) is 10.5. The topological polar surface area (TPSA) is 51.4 Å². The maximum Gasteiger partial charge on any atom is 0.234 e. The number of aromatic nitrogens is 1. The van der Waals surface area contributed by atoms with Gasteiger partial charge in [0, 0.05) is 56.4 Å². The van der Waals surface area contributed by atoms with Crippen LogP contribution < -0.4 is 5.32 Å². The molecule has 1 aliphatic rings. The molecule has 3 aromatic rings. The number of carbonyl (C=O) groups is 1. The van der Waals surface area contributed by atoms with Crippen LogP contribution in [0.25, 0.3) is 10.9 Å². The summed E-state index contributed by atoms with van der Waals surface area (Å²) < 4.78 is 0. The van der Waals surface area contributed by atoms with Crippen LogP contribution in [-0.2, 0) is 17.8 Å². The van der Waals surface area contributed by atoms with Crippen molar-refractivity contribution in [1.82, 2.24) is 20.1 Å². The van der Waals surface area contributed by atoms with Gasteiger partial charge in [-0.05, 0) is 36.1 Å². The highest BCUT2D eigenvalue weighted by molar-refractivity contribution is 5.83. The van der Waals surface area contributed by atoms with Gasteiger partial charge in [-0.15, -0.1) is 0 Å². The van der Waals surface area contributed by atoms with E-state index in [2.05, 4.69) is 69.5 Å². The summed E-state index contributed by atoms with van der Waals surface area (Å²) in [4.78, 5) is 20.4. The van der Waals surface area contributed by atoms with Gasteiger partial charge in [0.2, 0.25) is 5.91 Å². The Hall–Kier alpha value is -2.63. The van der Waals surface area contributed by atoms with Crippen LogP contribution in [0.2, 0.25) is 0 Å². The Morgan fingerprint density at radius 2 is 1.69 bits per heavy atom. The van der Waals surface area contributed by atoms with Crippen LogP contribution in [0.5, 0.6) is 0 Å². The van der Waals surface area contributed by atoms with E-state index in [1.807, 2.05) is 12.3 Å². The summed E-state index contributed by atoms with van der Waals surface area (Å²) in [6, 6.07) is 16.9. The van der Waals surface area contributed by atoms with Crippen LogP contribution in [-0.4, -0.2) is 60.0 Å². The summed E-state index contributed by atoms with van der Waals surface area (Å²) in [5, 5.41) is 4.33. The SMILES string of the molecule is Cc1ccccc1CN1CCN(CC(=O)NCCc2c[nH]c3ccccc23)CC1. The van der Waals surface area contributed by atoms with E-state index in [4.69, 9.17) is 0 Å². The number of H-pyrrole nitrogens is 1. The second-order valence-corrected chi connectivity index (χ2v) is 7.94. The molecule has 1 amide bonds. The number of fused-ring (bicyclic) bond motifs is 1. The van der Waals surface area contributed by atoms with Crippen molar-refractivity contribution in [1.29, 1.82) is 0 Å². The van der Waals surface area contributed by atoms with E-state index in [1.165, 1.54) is 22.1 Å². The third-order valence-electron chi connectivity index (χ3n) is 5.88. The predicted octanol–water partition coefficient (Wildman–Crippen LogP) is 2.95. The summed E-state index contributed by atoms with van der Waals surface area (Å²) in [6.07, 6.45) is 2.89. The van der Waals surface area contributed by atoms with E-state index in [9.17, 15) is 4.79 Å². The normalized spacial score (nSPS) is 15.6. The van der Waals surface area contributed by atoms with Gasteiger partial charge in [0.05, 0.1) is 6.54 Å². The molecule has 5 nitrogen and oxygen atoms in total. The Balaban J connectivity index is 1.18. The van der Waals surface area contributed by atoms with E-state index in [1.54, 1.807) is 0 Å². The zero-order valence-corrected chi connectivity index (χ0v) is 17.2. The molecular formula is C24H30N4O. The van der Waals surface area contributed by atoms with Gasteiger partial charge in [0.1, 0.15) is 0 Å². The second kappa shape index (κ2) is 9.25. The summed E-state index contributed by atoms with van der Waals surface area (Å²) >= 11 is 0. The highest BCUT2D eigenvalue weighted by Crippen LogP contribution is 2.17. The lowest BCUT2D eigenvalue weighted by atomic mass is 10.1. The number of aryl methyl sites for hydroxylation is 1. The maximum atomic E-state index is 12.3. The number of benzene rings is 2. The minimum absolute atomic E-state index is 0.122. The number of hydrogen-bond acceptors (Lipinski definition) is 3. The first-order chi connectivity index (χ1) is 14.2. The van der Waals surface area contributed by atoms with Crippen molar-refractivity contribution in [2.24, 2.45) is 0 Å². The number of amides is 1. The molecule has 2 N–H and O–H groups in total. The van der Waals surface area contributed by atoms with Gasteiger partial charge in [-0.2, -0.15) is 0 Å². The number of aromatic amines is 1. The molecule has 0 spiro atoms. The zero-order chi connectivity index (χ0) is 20.1. The maximum absolute atomic E-state index is 12.3. The fourth-order valence-corrected chi connectivity index (χ4v) is 4.07. The van der Waals surface area contributed by atoms with Crippen molar-refractivity contribution < 1.29 is 4.79 Å². The standard InChI is InChI=1S/C24H30N4O/c1-19-6-2-3-7-21(19)17-27-12-14-28(15-13-27)18-24(29)25-11-10-20-16-26-23-9-5-4-8-22(20)23/h2-9,16,26H,10-15,17-18H2,1H3,(H,25,29). The Kier molecular flexibility index (Phi) is 6.27. The minimum Gasteiger partial charge on any atom is -0.361 e. The van der Waals surface area contributed by atoms with Crippen molar-refractivity contribution in [2.75, 3.05) is 39.3 Å². The van der Waals surface area contributed by atoms with Crippen molar-refractivity contribution in [3.63, 3.8) is 0 Å². The molecule has 0 aliphatic carbocycles. The van der Waals surface area contributed by atoms with Crippen molar-refractivity contribution in [3.8, 4) is 0 Å². The monoisotopic (exact) mass is 390 g/mol. The molecule has 1 saturated heterocycles. The highest BCUT2D eigenvalue weighted by Gasteiger charge is 2.19. The number of piperazine rings is 1. The Morgan fingerprint density at radius 1 is 0.966 bits per heavy atom. The molecule has 4 rings (SSSR count). The van der Waals surface area contributed by atoms with Crippen LogP contribution in [0.1, 0.15) is 16.7 Å². The number of hydrogen-bond donors (Lipinski definition) is 2. The fraction of sp³-hybridized carbons (Fsp3) is 0.375. The molecule has 29 heavy (non-hydrogen) atoms. The van der Waals surface area contributed by atoms with Gasteiger partial charge in [-0.3, -0.25) is 14.6 Å². The molecule has 5 heteroatoms. The highest BCUT2D eigenvalue weighted by atomic mass is 16.2. The third-order valence-corrected chi connectivity index (χ3v) is 5.88. The Labute approximate surface area is 172 Å². The van der Waals surface area contributed by atoms with E-state index < -0.39 is 0 Å². The molecule has 1 aliphatic heterocycles. The Bertz CT molecular complexity index is 956. The largest absolute Gasteiger partial charge is 0.361 e. The minimum atomic E-state index is 0.122. The zero-order valence-electron chi connectivity index (χ0n) is 17.2. The molecule has 152 valence electrons. The molecule has 2 aromatic carbocycles. The van der Waals surface area contributed by atoms with Gasteiger partial charge in [-0.25, -0.2) is 0 Å². The van der Waals surface area contributed by atoms with Gasteiger partial charge < -0.3 is 10.3 Å². The van der Waals surface area contributed by atoms with E-state index in [0.717, 1.165) is 44.7 Å². The van der Waals surface area contributed by atoms with Crippen molar-refractivity contribution >= 4 is 16.8 Å². The van der Waals surface area contributed by atoms with Gasteiger partial charge >= 0.3 is 0 Å². The average molecular weight is 391 g/mol. The first kappa shape index (κ1) is 19.7. The number of nitrogens with one attached hydrogen (secondary N) is 2. The van der Waals surface area contributed by atoms with E-state index >= 15 is 0 Å². The average Bonchev–Trinajstić information content (AvgIpc) is 3.14. The number of carbonyl (C=O) groups excluding carboxylic acids is 1. The van der Waals surface area contributed by atoms with Crippen LogP contribution in [0.15, 0.2) is 54.7 Å². The molecule has 1 fully saturated rings. The predicted molar refractivity (Wildman–Crippen MR) is 118 cm³/mol. The van der Waals surface area contributed by atoms with Gasteiger partial charge in [0.25, 0.3) is 0 Å². The third kappa shape index (κ3) is 5.05. The van der Waals surface area contributed by atoms with Gasteiger partial charge in [-0.1, -0.05) is 42.5 Å². The molecule has 1 aromatic heterocycles. The van der Waals surface area contributed by atoms with Crippen molar-refractivity contribution in [3.05, 3.63) is 71.4 Å². The quantitative estimate of drug-likeness (QED) is 0.652. The first-order valence-corrected chi connectivity index (χ1v) is 10.5.